The number of nitrogens with zero attached hydrogens (tertiary/aromatic N) is 5. The molecule has 4 rings (SSSR count). The molecule has 6 nitrogen and oxygen atoms in total. The van der Waals surface area contributed by atoms with E-state index in [1.54, 1.807) is 17.7 Å². The molecule has 2 atom stereocenters. The fourth-order valence-electron chi connectivity index (χ4n) is 4.82. The Hall–Kier alpha value is -1.51. The second kappa shape index (κ2) is 9.96. The first-order valence-corrected chi connectivity index (χ1v) is 12.9. The van der Waals surface area contributed by atoms with Crippen molar-refractivity contribution in [1.82, 2.24) is 19.8 Å². The third-order valence-corrected chi connectivity index (χ3v) is 8.22. The molecule has 1 aliphatic heterocycles. The van der Waals surface area contributed by atoms with Gasteiger partial charge < -0.3 is 14.7 Å². The van der Waals surface area contributed by atoms with Crippen molar-refractivity contribution in [3.63, 3.8) is 0 Å². The van der Waals surface area contributed by atoms with E-state index in [0.717, 1.165) is 73.0 Å². The van der Waals surface area contributed by atoms with Crippen molar-refractivity contribution in [3.8, 4) is 0 Å². The zero-order chi connectivity index (χ0) is 22.0. The summed E-state index contributed by atoms with van der Waals surface area (Å²) in [6.07, 6.45) is 5.00. The quantitative estimate of drug-likeness (QED) is 0.566. The Morgan fingerprint density at radius 3 is 2.74 bits per heavy atom. The highest BCUT2D eigenvalue weighted by molar-refractivity contribution is 9.11. The van der Waals surface area contributed by atoms with Gasteiger partial charge in [-0.3, -0.25) is 4.79 Å². The van der Waals surface area contributed by atoms with Crippen molar-refractivity contribution < 1.29 is 4.79 Å². The predicted molar refractivity (Wildman–Crippen MR) is 130 cm³/mol. The van der Waals surface area contributed by atoms with E-state index in [9.17, 15) is 4.79 Å². The van der Waals surface area contributed by atoms with Gasteiger partial charge in [0.2, 0.25) is 5.91 Å². The zero-order valence-corrected chi connectivity index (χ0v) is 21.1. The summed E-state index contributed by atoms with van der Waals surface area (Å²) in [7, 11) is 2.11. The normalized spacial score (nSPS) is 19.7. The van der Waals surface area contributed by atoms with Crippen molar-refractivity contribution >= 4 is 39.0 Å². The topological polar surface area (TPSA) is 52.6 Å². The van der Waals surface area contributed by atoms with Crippen molar-refractivity contribution in [1.29, 1.82) is 0 Å². The predicted octanol–water partition coefficient (Wildman–Crippen LogP) is 4.12. The molecule has 31 heavy (non-hydrogen) atoms. The molecule has 0 unspecified atom stereocenters. The SMILES string of the molecule is CCCN(C)C[C@@H](C(=O)N1CCN(c2ncnc3c2[C@H](C)CC3)CC1)c1ccc(Br)s1. The van der Waals surface area contributed by atoms with Gasteiger partial charge in [0.15, 0.2) is 0 Å². The maximum absolute atomic E-state index is 13.6. The number of halogens is 1. The van der Waals surface area contributed by atoms with Crippen LogP contribution in [-0.2, 0) is 11.2 Å². The fourth-order valence-corrected chi connectivity index (χ4v) is 6.33. The van der Waals surface area contributed by atoms with Crippen LogP contribution in [0.4, 0.5) is 5.82 Å². The number of anilines is 1. The van der Waals surface area contributed by atoms with Crippen molar-refractivity contribution in [2.75, 3.05) is 51.2 Å². The molecule has 3 heterocycles. The van der Waals surface area contributed by atoms with E-state index in [2.05, 4.69) is 73.6 Å². The smallest absolute Gasteiger partial charge is 0.232 e. The van der Waals surface area contributed by atoms with E-state index >= 15 is 0 Å². The largest absolute Gasteiger partial charge is 0.353 e. The highest BCUT2D eigenvalue weighted by atomic mass is 79.9. The van der Waals surface area contributed by atoms with Crippen LogP contribution in [0.25, 0.3) is 0 Å². The molecule has 0 N–H and O–H groups in total. The summed E-state index contributed by atoms with van der Waals surface area (Å²) in [5.41, 5.74) is 2.53. The third kappa shape index (κ3) is 4.96. The summed E-state index contributed by atoms with van der Waals surface area (Å²) in [4.78, 5) is 30.5. The van der Waals surface area contributed by atoms with Crippen LogP contribution in [0, 0.1) is 0 Å². The molecule has 8 heteroatoms. The third-order valence-electron chi connectivity index (χ3n) is 6.48. The average Bonchev–Trinajstić information content (AvgIpc) is 3.37. The van der Waals surface area contributed by atoms with Crippen LogP contribution in [0.2, 0.25) is 0 Å². The lowest BCUT2D eigenvalue weighted by atomic mass is 10.0. The van der Waals surface area contributed by atoms with E-state index in [-0.39, 0.29) is 11.8 Å². The monoisotopic (exact) mass is 505 g/mol. The lowest BCUT2D eigenvalue weighted by Gasteiger charge is -2.38. The molecule has 0 saturated carbocycles. The summed E-state index contributed by atoms with van der Waals surface area (Å²) >= 11 is 5.24. The number of thiophene rings is 1. The number of likely N-dealkylation sites (N-methyl/N-ethyl adjacent to an activating group) is 1. The Balaban J connectivity index is 1.46. The number of carbonyl (C=O) groups excluding carboxylic acids is 1. The highest BCUT2D eigenvalue weighted by Crippen LogP contribution is 2.37. The summed E-state index contributed by atoms with van der Waals surface area (Å²) in [5.74, 6) is 1.74. The van der Waals surface area contributed by atoms with Crippen LogP contribution in [0.3, 0.4) is 0 Å². The van der Waals surface area contributed by atoms with Gasteiger partial charge in [-0.2, -0.15) is 0 Å². The maximum atomic E-state index is 13.6. The van der Waals surface area contributed by atoms with Gasteiger partial charge in [-0.25, -0.2) is 9.97 Å². The molecule has 2 aromatic heterocycles. The molecule has 2 aliphatic rings. The van der Waals surface area contributed by atoms with Gasteiger partial charge in [0.1, 0.15) is 12.1 Å². The van der Waals surface area contributed by atoms with E-state index in [0.29, 0.717) is 5.92 Å². The first-order chi connectivity index (χ1) is 15.0. The van der Waals surface area contributed by atoms with Crippen LogP contribution >= 0.6 is 27.3 Å². The van der Waals surface area contributed by atoms with Crippen molar-refractivity contribution in [2.45, 2.75) is 44.9 Å². The summed E-state index contributed by atoms with van der Waals surface area (Å²) in [5, 5.41) is 0. The van der Waals surface area contributed by atoms with Crippen LogP contribution < -0.4 is 4.90 Å². The number of aryl methyl sites for hydroxylation is 1. The molecule has 0 bridgehead atoms. The summed E-state index contributed by atoms with van der Waals surface area (Å²) < 4.78 is 1.08. The molecular formula is C23H32BrN5OS. The number of rotatable bonds is 7. The van der Waals surface area contributed by atoms with Crippen LogP contribution in [0.5, 0.6) is 0 Å². The fraction of sp³-hybridized carbons (Fsp3) is 0.609. The average molecular weight is 507 g/mol. The zero-order valence-electron chi connectivity index (χ0n) is 18.7. The minimum atomic E-state index is -0.109. The number of carbonyl (C=O) groups is 1. The molecule has 1 amide bonds. The Bertz CT molecular complexity index is 911. The molecule has 2 aromatic rings. The minimum absolute atomic E-state index is 0.109. The van der Waals surface area contributed by atoms with Gasteiger partial charge >= 0.3 is 0 Å². The van der Waals surface area contributed by atoms with Crippen LogP contribution in [0.1, 0.15) is 54.7 Å². The molecule has 0 aromatic carbocycles. The molecule has 1 aliphatic carbocycles. The number of hydrogen-bond acceptors (Lipinski definition) is 6. The Morgan fingerprint density at radius 1 is 1.29 bits per heavy atom. The standard InChI is InChI=1S/C23H32BrN5OS/c1-4-9-27(3)14-17(19-7-8-20(24)31-19)23(30)29-12-10-28(11-13-29)22-21-16(2)5-6-18(21)25-15-26-22/h7-8,15-17H,4-6,9-14H2,1-3H3/t16-,17-/m1/s1. The Kier molecular flexibility index (Phi) is 7.29. The minimum Gasteiger partial charge on any atom is -0.353 e. The number of fused-ring (bicyclic) bond motifs is 1. The Morgan fingerprint density at radius 2 is 2.06 bits per heavy atom. The van der Waals surface area contributed by atoms with E-state index in [1.807, 2.05) is 0 Å². The molecule has 1 fully saturated rings. The molecule has 0 spiro atoms. The molecule has 0 radical (unpaired) electrons. The Labute approximate surface area is 197 Å². The molecular weight excluding hydrogens is 474 g/mol. The molecule has 1 saturated heterocycles. The van der Waals surface area contributed by atoms with Crippen molar-refractivity contribution in [3.05, 3.63) is 38.4 Å². The van der Waals surface area contributed by atoms with Gasteiger partial charge in [-0.05, 0) is 66.8 Å². The van der Waals surface area contributed by atoms with E-state index in [4.69, 9.17) is 0 Å². The van der Waals surface area contributed by atoms with E-state index < -0.39 is 0 Å². The first-order valence-electron chi connectivity index (χ1n) is 11.3. The van der Waals surface area contributed by atoms with E-state index in [1.165, 1.54) is 11.3 Å². The van der Waals surface area contributed by atoms with Crippen LogP contribution in [0.15, 0.2) is 22.2 Å². The second-order valence-corrected chi connectivity index (χ2v) is 11.3. The molecule has 168 valence electrons. The number of aromatic nitrogens is 2. The second-order valence-electron chi connectivity index (χ2n) is 8.77. The van der Waals surface area contributed by atoms with Gasteiger partial charge in [0, 0.05) is 48.9 Å². The van der Waals surface area contributed by atoms with Gasteiger partial charge in [0.05, 0.1) is 9.70 Å². The highest BCUT2D eigenvalue weighted by Gasteiger charge is 2.33. The van der Waals surface area contributed by atoms with Gasteiger partial charge in [0.25, 0.3) is 0 Å². The maximum Gasteiger partial charge on any atom is 0.232 e. The number of amides is 1. The van der Waals surface area contributed by atoms with Crippen molar-refractivity contribution in [2.24, 2.45) is 0 Å². The lowest BCUT2D eigenvalue weighted by molar-refractivity contribution is -0.133. The van der Waals surface area contributed by atoms with Gasteiger partial charge in [-0.15, -0.1) is 11.3 Å². The number of piperazine rings is 1. The first kappa shape index (κ1) is 22.7. The van der Waals surface area contributed by atoms with Crippen LogP contribution in [-0.4, -0.2) is 72.0 Å². The lowest BCUT2D eigenvalue weighted by Crippen LogP contribution is -2.51. The van der Waals surface area contributed by atoms with Gasteiger partial charge in [-0.1, -0.05) is 13.8 Å². The summed E-state index contributed by atoms with van der Waals surface area (Å²) in [6, 6.07) is 4.15. The summed E-state index contributed by atoms with van der Waals surface area (Å²) in [6.45, 7) is 9.35. The number of hydrogen-bond donors (Lipinski definition) is 0.